The van der Waals surface area contributed by atoms with Crippen molar-refractivity contribution < 1.29 is 9.52 Å². The molecule has 15 heavy (non-hydrogen) atoms. The van der Waals surface area contributed by atoms with Gasteiger partial charge in [-0.15, -0.1) is 11.3 Å². The van der Waals surface area contributed by atoms with E-state index in [1.165, 1.54) is 11.3 Å². The van der Waals surface area contributed by atoms with Crippen molar-refractivity contribution in [2.45, 2.75) is 19.4 Å². The molecule has 0 saturated heterocycles. The maximum Gasteiger partial charge on any atom is 0.155 e. The normalized spacial score (nSPS) is 15.2. The summed E-state index contributed by atoms with van der Waals surface area (Å²) >= 11 is 4.90. The molecule has 1 unspecified atom stereocenters. The maximum absolute atomic E-state index is 10.5. The fraction of sp³-hybridized carbons (Fsp3) is 0.273. The molecule has 80 valence electrons. The molecule has 2 nitrogen and oxygen atoms in total. The minimum Gasteiger partial charge on any atom is -0.465 e. The summed E-state index contributed by atoms with van der Waals surface area (Å²) in [5.41, 5.74) is 0.00826. The van der Waals surface area contributed by atoms with Crippen LogP contribution in [0.1, 0.15) is 23.1 Å². The zero-order chi connectivity index (χ0) is 11.1. The van der Waals surface area contributed by atoms with Crippen LogP contribution in [0.5, 0.6) is 0 Å². The number of rotatable bonds is 2. The topological polar surface area (TPSA) is 33.4 Å². The zero-order valence-electron chi connectivity index (χ0n) is 8.45. The van der Waals surface area contributed by atoms with Gasteiger partial charge in [0.15, 0.2) is 11.4 Å². The highest BCUT2D eigenvalue weighted by Gasteiger charge is 2.33. The third kappa shape index (κ3) is 1.77. The van der Waals surface area contributed by atoms with Crippen molar-refractivity contribution in [3.05, 3.63) is 44.4 Å². The first-order chi connectivity index (χ1) is 7.03. The zero-order valence-corrected chi connectivity index (χ0v) is 10.9. The van der Waals surface area contributed by atoms with E-state index in [2.05, 4.69) is 15.9 Å². The molecule has 0 aromatic carbocycles. The second-order valence-electron chi connectivity index (χ2n) is 3.60. The summed E-state index contributed by atoms with van der Waals surface area (Å²) in [5.74, 6) is 0.549. The summed E-state index contributed by atoms with van der Waals surface area (Å²) in [6.07, 6.45) is 1.57. The van der Waals surface area contributed by atoms with Gasteiger partial charge in [-0.1, -0.05) is 0 Å². The van der Waals surface area contributed by atoms with Crippen molar-refractivity contribution in [1.29, 1.82) is 0 Å². The molecule has 2 aromatic rings. The Morgan fingerprint density at radius 1 is 1.47 bits per heavy atom. The lowest BCUT2D eigenvalue weighted by atomic mass is 9.99. The number of furan rings is 1. The number of halogens is 1. The van der Waals surface area contributed by atoms with E-state index in [0.29, 0.717) is 5.76 Å². The van der Waals surface area contributed by atoms with Crippen molar-refractivity contribution in [1.82, 2.24) is 0 Å². The highest BCUT2D eigenvalue weighted by molar-refractivity contribution is 9.10. The van der Waals surface area contributed by atoms with Crippen LogP contribution in [0, 0.1) is 6.92 Å². The summed E-state index contributed by atoms with van der Waals surface area (Å²) in [7, 11) is 0. The Morgan fingerprint density at radius 2 is 2.20 bits per heavy atom. The van der Waals surface area contributed by atoms with Gasteiger partial charge in [-0.25, -0.2) is 0 Å². The molecule has 2 rings (SSSR count). The lowest BCUT2D eigenvalue weighted by Gasteiger charge is -2.21. The van der Waals surface area contributed by atoms with E-state index in [9.17, 15) is 5.11 Å². The van der Waals surface area contributed by atoms with Crippen molar-refractivity contribution in [2.75, 3.05) is 0 Å². The first kappa shape index (κ1) is 10.9. The van der Waals surface area contributed by atoms with E-state index in [1.807, 2.05) is 18.4 Å². The van der Waals surface area contributed by atoms with Gasteiger partial charge in [0, 0.05) is 4.88 Å². The number of aliphatic hydroxyl groups is 1. The Hall–Kier alpha value is -0.580. The number of hydrogen-bond donors (Lipinski definition) is 1. The smallest absolute Gasteiger partial charge is 0.155 e. The first-order valence-electron chi connectivity index (χ1n) is 4.54. The summed E-state index contributed by atoms with van der Waals surface area (Å²) in [6.45, 7) is 3.73. The number of aryl methyl sites for hydroxylation is 1. The molecular formula is C11H11BrO2S. The van der Waals surface area contributed by atoms with Gasteiger partial charge in [0.05, 0.1) is 10.7 Å². The van der Waals surface area contributed by atoms with Gasteiger partial charge in [-0.2, -0.15) is 0 Å². The fourth-order valence-electron chi connectivity index (χ4n) is 1.62. The third-order valence-electron chi connectivity index (χ3n) is 2.36. The molecular weight excluding hydrogens is 276 g/mol. The van der Waals surface area contributed by atoms with Gasteiger partial charge in [0.2, 0.25) is 0 Å². The molecule has 0 aliphatic carbocycles. The van der Waals surface area contributed by atoms with E-state index in [0.717, 1.165) is 14.9 Å². The predicted octanol–water partition coefficient (Wildman–Crippen LogP) is 3.67. The molecule has 0 aliphatic rings. The molecule has 0 bridgehead atoms. The van der Waals surface area contributed by atoms with Gasteiger partial charge in [0.1, 0.15) is 0 Å². The third-order valence-corrected chi connectivity index (χ3v) is 4.22. The highest BCUT2D eigenvalue weighted by atomic mass is 79.9. The van der Waals surface area contributed by atoms with Crippen LogP contribution in [0.4, 0.5) is 0 Å². The average Bonchev–Trinajstić information content (AvgIpc) is 2.73. The predicted molar refractivity (Wildman–Crippen MR) is 64.1 cm³/mol. The molecule has 2 heterocycles. The molecule has 1 atom stereocenters. The van der Waals surface area contributed by atoms with E-state index in [1.54, 1.807) is 19.3 Å². The fourth-order valence-corrected chi connectivity index (χ4v) is 3.19. The van der Waals surface area contributed by atoms with Crippen LogP contribution >= 0.6 is 27.3 Å². The van der Waals surface area contributed by atoms with Crippen molar-refractivity contribution in [2.24, 2.45) is 0 Å². The molecule has 0 spiro atoms. The van der Waals surface area contributed by atoms with E-state index >= 15 is 0 Å². The van der Waals surface area contributed by atoms with E-state index in [-0.39, 0.29) is 0 Å². The van der Waals surface area contributed by atoms with Crippen LogP contribution < -0.4 is 0 Å². The monoisotopic (exact) mass is 286 g/mol. The standard InChI is InChI=1S/C11H11BrO2S/c1-7-4-6-15-10(7)11(2,13)9-8(12)3-5-14-9/h3-6,13H,1-2H3. The van der Waals surface area contributed by atoms with Gasteiger partial charge >= 0.3 is 0 Å². The average molecular weight is 287 g/mol. The van der Waals surface area contributed by atoms with Gasteiger partial charge in [0.25, 0.3) is 0 Å². The molecule has 4 heteroatoms. The summed E-state index contributed by atoms with van der Waals surface area (Å²) in [6, 6.07) is 3.78. The molecule has 0 radical (unpaired) electrons. The molecule has 0 aliphatic heterocycles. The van der Waals surface area contributed by atoms with Gasteiger partial charge in [-0.05, 0) is 52.9 Å². The lowest BCUT2D eigenvalue weighted by molar-refractivity contribution is 0.0789. The second kappa shape index (κ2) is 3.77. The summed E-state index contributed by atoms with van der Waals surface area (Å²) in [5, 5.41) is 12.5. The van der Waals surface area contributed by atoms with E-state index < -0.39 is 5.60 Å². The number of hydrogen-bond acceptors (Lipinski definition) is 3. The Bertz CT molecular complexity index is 428. The molecule has 0 saturated carbocycles. The van der Waals surface area contributed by atoms with Crippen LogP contribution in [0.25, 0.3) is 0 Å². The molecule has 2 aromatic heterocycles. The van der Waals surface area contributed by atoms with Gasteiger partial charge < -0.3 is 9.52 Å². The Kier molecular flexibility index (Phi) is 2.75. The summed E-state index contributed by atoms with van der Waals surface area (Å²) < 4.78 is 6.11. The largest absolute Gasteiger partial charge is 0.465 e. The first-order valence-corrected chi connectivity index (χ1v) is 6.21. The van der Waals surface area contributed by atoms with E-state index in [4.69, 9.17) is 4.42 Å². The Morgan fingerprint density at radius 3 is 2.67 bits per heavy atom. The minimum absolute atomic E-state index is 0.549. The molecule has 1 N–H and O–H groups in total. The Balaban J connectivity index is 2.53. The maximum atomic E-state index is 10.5. The summed E-state index contributed by atoms with van der Waals surface area (Å²) in [4.78, 5) is 0.915. The SMILES string of the molecule is Cc1ccsc1C(C)(O)c1occc1Br. The van der Waals surface area contributed by atoms with Crippen molar-refractivity contribution >= 4 is 27.3 Å². The van der Waals surface area contributed by atoms with Crippen LogP contribution in [-0.4, -0.2) is 5.11 Å². The number of thiophene rings is 1. The molecule has 0 amide bonds. The van der Waals surface area contributed by atoms with Crippen molar-refractivity contribution in [3.63, 3.8) is 0 Å². The second-order valence-corrected chi connectivity index (χ2v) is 5.37. The molecule has 0 fully saturated rings. The Labute approximate surface area is 101 Å². The highest BCUT2D eigenvalue weighted by Crippen LogP contribution is 2.38. The van der Waals surface area contributed by atoms with Crippen LogP contribution in [0.2, 0.25) is 0 Å². The van der Waals surface area contributed by atoms with Gasteiger partial charge in [-0.3, -0.25) is 0 Å². The van der Waals surface area contributed by atoms with Crippen LogP contribution in [-0.2, 0) is 5.60 Å². The quantitative estimate of drug-likeness (QED) is 0.914. The van der Waals surface area contributed by atoms with Crippen LogP contribution in [0.3, 0.4) is 0 Å². The lowest BCUT2D eigenvalue weighted by Crippen LogP contribution is -2.22. The van der Waals surface area contributed by atoms with Crippen molar-refractivity contribution in [3.8, 4) is 0 Å². The van der Waals surface area contributed by atoms with Crippen LogP contribution in [0.15, 0.2) is 32.7 Å². The minimum atomic E-state index is -1.07.